The lowest BCUT2D eigenvalue weighted by atomic mass is 10.2. The minimum atomic E-state index is -4.94. The maximum Gasteiger partial charge on any atom is 0.222 e. The molecular weight excluding hydrogens is 545 g/mol. The Labute approximate surface area is 227 Å². The van der Waals surface area contributed by atoms with E-state index in [1.54, 1.807) is 11.3 Å². The van der Waals surface area contributed by atoms with E-state index in [0.29, 0.717) is 0 Å². The topological polar surface area (TPSA) is 105 Å². The summed E-state index contributed by atoms with van der Waals surface area (Å²) < 4.78 is 35.3. The Morgan fingerprint density at radius 2 is 1.00 bits per heavy atom. The van der Waals surface area contributed by atoms with Crippen LogP contribution >= 0.6 is 30.4 Å². The molecule has 0 amide bonds. The fourth-order valence-corrected chi connectivity index (χ4v) is 10.9. The van der Waals surface area contributed by atoms with Gasteiger partial charge in [-0.25, -0.2) is 23.6 Å². The number of thioether (sulfide) groups is 1. The van der Waals surface area contributed by atoms with Crippen molar-refractivity contribution in [3.8, 4) is 0 Å². The van der Waals surface area contributed by atoms with Crippen LogP contribution in [0.4, 0.5) is 0 Å². The predicted octanol–water partition coefficient (Wildman–Crippen LogP) is 1.30. The first kappa shape index (κ1) is 27.5. The lowest BCUT2D eigenvalue weighted by Crippen LogP contribution is -2.68. The standard InChI is InChI=1S/C28H23NPS2.ClHO4/c1-5-13-23(14-6-1)21-31-28-27(29-22-32-28)30(24-15-7-2-8-16-24,25-17-9-3-10-18-25)26-19-11-4-12-20-26;2-1(3,4)5/h1-20,22H,21H2;(H,2,3,4,5)/q+1;/p-1. The smallest absolute Gasteiger partial charge is 0.222 e. The molecule has 0 fully saturated rings. The van der Waals surface area contributed by atoms with E-state index >= 15 is 0 Å². The third-order valence-electron chi connectivity index (χ3n) is 5.48. The molecule has 1 heterocycles. The molecule has 0 N–H and O–H groups in total. The minimum Gasteiger partial charge on any atom is -0.222 e. The second kappa shape index (κ2) is 12.8. The Balaban J connectivity index is 0.000000586. The molecular formula is C28H23ClNO4PS2. The SMILES string of the molecule is [O-][Cl+3]([O-])([O-])[O-].c1ccc(CSc2scnc2[P+](c2ccccc2)(c2ccccc2)c2ccccc2)cc1. The lowest BCUT2D eigenvalue weighted by Gasteiger charge is -2.26. The Bertz CT molecular complexity index is 1270. The van der Waals surface area contributed by atoms with Crippen LogP contribution in [0.3, 0.4) is 0 Å². The van der Waals surface area contributed by atoms with Crippen LogP contribution in [0, 0.1) is 10.2 Å². The third kappa shape index (κ3) is 7.05. The van der Waals surface area contributed by atoms with Gasteiger partial charge in [0.2, 0.25) is 5.44 Å². The van der Waals surface area contributed by atoms with E-state index in [4.69, 9.17) is 23.6 Å². The van der Waals surface area contributed by atoms with Gasteiger partial charge in [-0.05, 0) is 42.0 Å². The summed E-state index contributed by atoms with van der Waals surface area (Å²) in [6.07, 6.45) is 0. The molecule has 0 unspecified atom stereocenters. The van der Waals surface area contributed by atoms with Crippen LogP contribution in [-0.2, 0) is 5.75 Å². The van der Waals surface area contributed by atoms with E-state index in [0.717, 1.165) is 5.75 Å². The maximum absolute atomic E-state index is 8.49. The third-order valence-corrected chi connectivity index (χ3v) is 12.2. The lowest BCUT2D eigenvalue weighted by molar-refractivity contribution is -2.00. The minimum absolute atomic E-state index is 0.939. The van der Waals surface area contributed by atoms with Crippen LogP contribution in [0.15, 0.2) is 131 Å². The first-order valence-corrected chi connectivity index (χ1v) is 16.1. The molecule has 0 saturated carbocycles. The van der Waals surface area contributed by atoms with Gasteiger partial charge in [-0.1, -0.05) is 84.9 Å². The molecule has 0 bridgehead atoms. The number of hydrogen-bond donors (Lipinski definition) is 0. The predicted molar refractivity (Wildman–Crippen MR) is 143 cm³/mol. The van der Waals surface area contributed by atoms with Crippen molar-refractivity contribution in [3.63, 3.8) is 0 Å². The second-order valence-electron chi connectivity index (χ2n) is 7.79. The molecule has 5 aromatic rings. The van der Waals surface area contributed by atoms with Gasteiger partial charge in [0.05, 0.1) is 5.51 Å². The van der Waals surface area contributed by atoms with Gasteiger partial charge in [0.25, 0.3) is 0 Å². The first-order chi connectivity index (χ1) is 17.9. The summed E-state index contributed by atoms with van der Waals surface area (Å²) in [5.41, 5.74) is 4.57. The molecule has 0 radical (unpaired) electrons. The molecule has 0 aliphatic carbocycles. The number of benzene rings is 4. The van der Waals surface area contributed by atoms with Gasteiger partial charge in [-0.15, -0.1) is 33.3 Å². The van der Waals surface area contributed by atoms with E-state index < -0.39 is 17.5 Å². The summed E-state index contributed by atoms with van der Waals surface area (Å²) in [6, 6.07) is 43.5. The number of nitrogens with zero attached hydrogens (tertiary/aromatic N) is 1. The molecule has 5 nitrogen and oxygen atoms in total. The molecule has 0 spiro atoms. The fraction of sp³-hybridized carbons (Fsp3) is 0.0357. The van der Waals surface area contributed by atoms with E-state index in [9.17, 15) is 0 Å². The summed E-state index contributed by atoms with van der Waals surface area (Å²) >= 11 is 3.66. The molecule has 0 saturated heterocycles. The maximum atomic E-state index is 8.49. The Kier molecular flexibility index (Phi) is 9.49. The molecule has 0 atom stereocenters. The Hall–Kier alpha value is -2.58. The van der Waals surface area contributed by atoms with E-state index in [1.807, 2.05) is 17.3 Å². The van der Waals surface area contributed by atoms with Crippen molar-refractivity contribution >= 4 is 51.7 Å². The van der Waals surface area contributed by atoms with Gasteiger partial charge >= 0.3 is 0 Å². The van der Waals surface area contributed by atoms with Crippen molar-refractivity contribution < 1.29 is 28.9 Å². The highest BCUT2D eigenvalue weighted by molar-refractivity contribution is 8.05. The van der Waals surface area contributed by atoms with Crippen molar-refractivity contribution in [2.24, 2.45) is 0 Å². The quantitative estimate of drug-likeness (QED) is 0.217. The summed E-state index contributed by atoms with van der Waals surface area (Å²) in [5, 5.41) is 4.01. The molecule has 0 aliphatic rings. The average molecular weight is 568 g/mol. The zero-order chi connectivity index (χ0) is 26.1. The number of rotatable bonds is 7. The molecule has 1 aromatic heterocycles. The van der Waals surface area contributed by atoms with Crippen LogP contribution in [0.2, 0.25) is 0 Å². The van der Waals surface area contributed by atoms with E-state index in [1.165, 1.54) is 31.1 Å². The molecule has 9 heteroatoms. The van der Waals surface area contributed by atoms with E-state index in [2.05, 4.69) is 121 Å². The highest BCUT2D eigenvalue weighted by Crippen LogP contribution is 2.56. The van der Waals surface area contributed by atoms with Crippen molar-refractivity contribution in [1.82, 2.24) is 4.98 Å². The zero-order valence-electron chi connectivity index (χ0n) is 19.6. The Morgan fingerprint density at radius 1 is 0.622 bits per heavy atom. The summed E-state index contributed by atoms with van der Waals surface area (Å²) in [4.78, 5) is 5.08. The van der Waals surface area contributed by atoms with Gasteiger partial charge in [-0.3, -0.25) is 0 Å². The highest BCUT2D eigenvalue weighted by Gasteiger charge is 2.51. The van der Waals surface area contributed by atoms with Gasteiger partial charge in [0, 0.05) is 5.75 Å². The van der Waals surface area contributed by atoms with Crippen LogP contribution in [0.25, 0.3) is 0 Å². The normalized spacial score (nSPS) is 11.5. The van der Waals surface area contributed by atoms with Crippen molar-refractivity contribution in [1.29, 1.82) is 0 Å². The number of hydrogen-bond acceptors (Lipinski definition) is 7. The van der Waals surface area contributed by atoms with Crippen molar-refractivity contribution in [3.05, 3.63) is 132 Å². The van der Waals surface area contributed by atoms with Gasteiger partial charge in [-0.2, -0.15) is 0 Å². The average Bonchev–Trinajstić information content (AvgIpc) is 3.38. The second-order valence-corrected chi connectivity index (χ2v) is 14.0. The summed E-state index contributed by atoms with van der Waals surface area (Å²) in [5.74, 6) is 0.939. The van der Waals surface area contributed by atoms with Crippen LogP contribution in [0.1, 0.15) is 5.56 Å². The molecule has 188 valence electrons. The zero-order valence-corrected chi connectivity index (χ0v) is 22.8. The molecule has 4 aromatic carbocycles. The van der Waals surface area contributed by atoms with Gasteiger partial charge in [0.1, 0.15) is 20.1 Å². The summed E-state index contributed by atoms with van der Waals surface area (Å²) in [6.45, 7) is 0. The van der Waals surface area contributed by atoms with Crippen LogP contribution in [-0.4, -0.2) is 4.98 Å². The largest absolute Gasteiger partial charge is 0.222 e. The van der Waals surface area contributed by atoms with Gasteiger partial charge in [0.15, 0.2) is 7.26 Å². The molecule has 37 heavy (non-hydrogen) atoms. The van der Waals surface area contributed by atoms with E-state index in [-0.39, 0.29) is 0 Å². The highest BCUT2D eigenvalue weighted by atomic mass is 35.7. The van der Waals surface area contributed by atoms with Gasteiger partial charge < -0.3 is 0 Å². The molecule has 0 aliphatic heterocycles. The summed E-state index contributed by atoms with van der Waals surface area (Å²) in [7, 11) is -7.08. The van der Waals surface area contributed by atoms with Crippen LogP contribution in [0.5, 0.6) is 0 Å². The van der Waals surface area contributed by atoms with Crippen molar-refractivity contribution in [2.45, 2.75) is 9.96 Å². The number of halogens is 1. The fourth-order valence-electron chi connectivity index (χ4n) is 4.04. The number of aromatic nitrogens is 1. The monoisotopic (exact) mass is 567 g/mol. The number of thiazole rings is 1. The Morgan fingerprint density at radius 3 is 1.41 bits per heavy atom. The first-order valence-electron chi connectivity index (χ1n) is 11.2. The van der Waals surface area contributed by atoms with Crippen molar-refractivity contribution in [2.75, 3.05) is 0 Å². The van der Waals surface area contributed by atoms with Crippen LogP contribution < -0.4 is 40.0 Å². The molecule has 5 rings (SSSR count).